The van der Waals surface area contributed by atoms with Crippen LogP contribution < -0.4 is 11.1 Å². The van der Waals surface area contributed by atoms with Crippen LogP contribution in [-0.4, -0.2) is 43.9 Å². The van der Waals surface area contributed by atoms with Crippen molar-refractivity contribution in [2.75, 3.05) is 19.8 Å². The molecule has 0 heterocycles. The molecule has 3 atom stereocenters. The van der Waals surface area contributed by atoms with E-state index in [0.29, 0.717) is 26.2 Å². The van der Waals surface area contributed by atoms with Crippen molar-refractivity contribution in [3.05, 3.63) is 0 Å². The number of ether oxygens (including phenoxy) is 2. The Kier molecular flexibility index (Phi) is 6.47. The minimum absolute atomic E-state index is 0.00837. The molecule has 1 rings (SSSR count). The van der Waals surface area contributed by atoms with Gasteiger partial charge in [-0.2, -0.15) is 0 Å². The molecular formula is C12H24N2O3. The van der Waals surface area contributed by atoms with Gasteiger partial charge >= 0.3 is 0 Å². The molecule has 17 heavy (non-hydrogen) atoms. The molecule has 1 saturated carbocycles. The number of amides is 1. The van der Waals surface area contributed by atoms with Gasteiger partial charge in [0.05, 0.1) is 18.8 Å². The van der Waals surface area contributed by atoms with Crippen LogP contribution in [0.5, 0.6) is 0 Å². The maximum absolute atomic E-state index is 11.6. The van der Waals surface area contributed by atoms with E-state index in [2.05, 4.69) is 5.32 Å². The Hall–Kier alpha value is -0.650. The smallest absolute Gasteiger partial charge is 0.222 e. The first-order valence-electron chi connectivity index (χ1n) is 6.43. The Balaban J connectivity index is 2.16. The van der Waals surface area contributed by atoms with Gasteiger partial charge in [0.15, 0.2) is 0 Å². The molecule has 1 aliphatic rings. The topological polar surface area (TPSA) is 73.6 Å². The normalized spacial score (nSPS) is 27.6. The lowest BCUT2D eigenvalue weighted by Gasteiger charge is -2.42. The Morgan fingerprint density at radius 2 is 2.18 bits per heavy atom. The van der Waals surface area contributed by atoms with Crippen molar-refractivity contribution < 1.29 is 14.3 Å². The number of carbonyl (C=O) groups excluding carboxylic acids is 1. The predicted molar refractivity (Wildman–Crippen MR) is 65.7 cm³/mol. The molecule has 0 aromatic carbocycles. The van der Waals surface area contributed by atoms with Gasteiger partial charge in [-0.15, -0.1) is 0 Å². The molecule has 1 fully saturated rings. The zero-order valence-electron chi connectivity index (χ0n) is 10.8. The molecule has 0 spiro atoms. The summed E-state index contributed by atoms with van der Waals surface area (Å²) >= 11 is 0. The van der Waals surface area contributed by atoms with Gasteiger partial charge in [-0.05, 0) is 19.8 Å². The van der Waals surface area contributed by atoms with Gasteiger partial charge in [0.2, 0.25) is 5.91 Å². The van der Waals surface area contributed by atoms with Gasteiger partial charge in [0.25, 0.3) is 0 Å². The van der Waals surface area contributed by atoms with Crippen molar-refractivity contribution in [3.8, 4) is 0 Å². The lowest BCUT2D eigenvalue weighted by molar-refractivity contribution is -0.126. The van der Waals surface area contributed by atoms with Crippen LogP contribution in [0.4, 0.5) is 0 Å². The fraction of sp³-hybridized carbons (Fsp3) is 0.917. The Morgan fingerprint density at radius 3 is 2.76 bits per heavy atom. The summed E-state index contributed by atoms with van der Waals surface area (Å²) in [5.41, 5.74) is 5.84. The van der Waals surface area contributed by atoms with Gasteiger partial charge in [-0.1, -0.05) is 6.92 Å². The fourth-order valence-corrected chi connectivity index (χ4v) is 1.90. The zero-order chi connectivity index (χ0) is 12.7. The van der Waals surface area contributed by atoms with Crippen LogP contribution in [0.3, 0.4) is 0 Å². The third-order valence-corrected chi connectivity index (χ3v) is 2.90. The van der Waals surface area contributed by atoms with Gasteiger partial charge in [0.1, 0.15) is 0 Å². The van der Waals surface area contributed by atoms with Crippen LogP contribution in [0, 0.1) is 0 Å². The van der Waals surface area contributed by atoms with E-state index in [4.69, 9.17) is 15.2 Å². The first-order chi connectivity index (χ1) is 8.19. The van der Waals surface area contributed by atoms with Gasteiger partial charge in [-0.25, -0.2) is 0 Å². The molecular weight excluding hydrogens is 220 g/mol. The quantitative estimate of drug-likeness (QED) is 0.607. The highest BCUT2D eigenvalue weighted by atomic mass is 16.5. The van der Waals surface area contributed by atoms with E-state index < -0.39 is 0 Å². The minimum Gasteiger partial charge on any atom is -0.381 e. The monoisotopic (exact) mass is 244 g/mol. The summed E-state index contributed by atoms with van der Waals surface area (Å²) in [6.07, 6.45) is 2.27. The van der Waals surface area contributed by atoms with Crippen LogP contribution in [0.25, 0.3) is 0 Å². The molecule has 0 aromatic heterocycles. The van der Waals surface area contributed by atoms with Crippen molar-refractivity contribution >= 4 is 5.91 Å². The van der Waals surface area contributed by atoms with E-state index >= 15 is 0 Å². The Bertz CT molecular complexity index is 234. The maximum atomic E-state index is 11.6. The molecule has 5 heteroatoms. The fourth-order valence-electron chi connectivity index (χ4n) is 1.90. The summed E-state index contributed by atoms with van der Waals surface area (Å²) in [4.78, 5) is 11.6. The third-order valence-electron chi connectivity index (χ3n) is 2.90. The average Bonchev–Trinajstić information content (AvgIpc) is 2.32. The summed E-state index contributed by atoms with van der Waals surface area (Å²) in [5.74, 6) is -0.00837. The van der Waals surface area contributed by atoms with Crippen molar-refractivity contribution in [3.63, 3.8) is 0 Å². The van der Waals surface area contributed by atoms with Gasteiger partial charge in [-0.3, -0.25) is 4.79 Å². The summed E-state index contributed by atoms with van der Waals surface area (Å²) in [6, 6.07) is -0.0133. The Morgan fingerprint density at radius 1 is 1.41 bits per heavy atom. The summed E-state index contributed by atoms with van der Waals surface area (Å²) in [7, 11) is 0. The van der Waals surface area contributed by atoms with Crippen molar-refractivity contribution in [1.82, 2.24) is 5.32 Å². The molecule has 1 aliphatic carbocycles. The lowest BCUT2D eigenvalue weighted by Crippen LogP contribution is -2.64. The van der Waals surface area contributed by atoms with E-state index in [-0.39, 0.29) is 24.1 Å². The molecule has 0 aliphatic heterocycles. The van der Waals surface area contributed by atoms with E-state index in [0.717, 1.165) is 12.8 Å². The van der Waals surface area contributed by atoms with Crippen LogP contribution in [0.2, 0.25) is 0 Å². The number of nitrogens with one attached hydrogen (secondary N) is 1. The van der Waals surface area contributed by atoms with Crippen molar-refractivity contribution in [2.45, 2.75) is 51.3 Å². The SMILES string of the molecule is CCCOCCC(=O)NC1C(N)CC1OCC. The van der Waals surface area contributed by atoms with Crippen LogP contribution in [0.1, 0.15) is 33.1 Å². The first kappa shape index (κ1) is 14.4. The number of hydrogen-bond donors (Lipinski definition) is 2. The van der Waals surface area contributed by atoms with E-state index in [9.17, 15) is 4.79 Å². The summed E-state index contributed by atoms with van der Waals surface area (Å²) in [6.45, 7) is 5.82. The Labute approximate surface area is 103 Å². The highest BCUT2D eigenvalue weighted by Gasteiger charge is 2.40. The van der Waals surface area contributed by atoms with Crippen LogP contribution >= 0.6 is 0 Å². The number of rotatable bonds is 8. The molecule has 0 bridgehead atoms. The molecule has 5 nitrogen and oxygen atoms in total. The minimum atomic E-state index is -0.0337. The third kappa shape index (κ3) is 4.61. The number of carbonyl (C=O) groups is 1. The largest absolute Gasteiger partial charge is 0.381 e. The molecule has 100 valence electrons. The molecule has 1 amide bonds. The molecule has 3 N–H and O–H groups in total. The lowest BCUT2D eigenvalue weighted by atomic mass is 9.83. The highest BCUT2D eigenvalue weighted by Crippen LogP contribution is 2.22. The average molecular weight is 244 g/mol. The summed E-state index contributed by atoms with van der Waals surface area (Å²) < 4.78 is 10.7. The second-order valence-electron chi connectivity index (χ2n) is 4.35. The van der Waals surface area contributed by atoms with E-state index in [1.54, 1.807) is 0 Å². The first-order valence-corrected chi connectivity index (χ1v) is 6.43. The second kappa shape index (κ2) is 7.63. The molecule has 0 radical (unpaired) electrons. The van der Waals surface area contributed by atoms with Crippen LogP contribution in [-0.2, 0) is 14.3 Å². The van der Waals surface area contributed by atoms with Gasteiger partial charge in [0, 0.05) is 25.7 Å². The van der Waals surface area contributed by atoms with E-state index in [1.165, 1.54) is 0 Å². The van der Waals surface area contributed by atoms with E-state index in [1.807, 2.05) is 13.8 Å². The predicted octanol–water partition coefficient (Wildman–Crippen LogP) is 0.424. The number of hydrogen-bond acceptors (Lipinski definition) is 4. The van der Waals surface area contributed by atoms with Gasteiger partial charge < -0.3 is 20.5 Å². The van der Waals surface area contributed by atoms with Crippen LogP contribution in [0.15, 0.2) is 0 Å². The maximum Gasteiger partial charge on any atom is 0.222 e. The highest BCUT2D eigenvalue weighted by molar-refractivity contribution is 5.76. The standard InChI is InChI=1S/C12H24N2O3/c1-3-6-16-7-5-11(15)14-12-9(13)8-10(12)17-4-2/h9-10,12H,3-8,13H2,1-2H3,(H,14,15). The zero-order valence-corrected chi connectivity index (χ0v) is 10.8. The molecule has 0 saturated heterocycles. The van der Waals surface area contributed by atoms with Crippen molar-refractivity contribution in [1.29, 1.82) is 0 Å². The molecule has 3 unspecified atom stereocenters. The molecule has 0 aromatic rings. The summed E-state index contributed by atoms with van der Waals surface area (Å²) in [5, 5.41) is 2.91. The second-order valence-corrected chi connectivity index (χ2v) is 4.35. The number of nitrogens with two attached hydrogens (primary N) is 1. The van der Waals surface area contributed by atoms with Crippen molar-refractivity contribution in [2.24, 2.45) is 5.73 Å².